The van der Waals surface area contributed by atoms with E-state index in [0.717, 1.165) is 16.0 Å². The maximum absolute atomic E-state index is 10.5. The quantitative estimate of drug-likeness (QED) is 0.899. The van der Waals surface area contributed by atoms with Gasteiger partial charge in [-0.25, -0.2) is 9.97 Å². The highest BCUT2D eigenvalue weighted by molar-refractivity contribution is 7.18. The molecule has 0 unspecified atom stereocenters. The molecule has 0 bridgehead atoms. The van der Waals surface area contributed by atoms with Gasteiger partial charge in [0.25, 0.3) is 0 Å². The van der Waals surface area contributed by atoms with E-state index in [4.69, 9.17) is 5.11 Å². The molecule has 0 spiro atoms. The van der Waals surface area contributed by atoms with Gasteiger partial charge in [0.1, 0.15) is 17.0 Å². The van der Waals surface area contributed by atoms with Crippen LogP contribution in [-0.2, 0) is 4.79 Å². The van der Waals surface area contributed by atoms with E-state index >= 15 is 0 Å². The van der Waals surface area contributed by atoms with Crippen LogP contribution in [0.4, 0.5) is 5.82 Å². The van der Waals surface area contributed by atoms with Crippen LogP contribution in [0.25, 0.3) is 10.2 Å². The van der Waals surface area contributed by atoms with E-state index in [0.29, 0.717) is 6.54 Å². The van der Waals surface area contributed by atoms with Crippen molar-refractivity contribution in [3.63, 3.8) is 0 Å². The van der Waals surface area contributed by atoms with Gasteiger partial charge >= 0.3 is 5.97 Å². The summed E-state index contributed by atoms with van der Waals surface area (Å²) in [5.41, 5.74) is 0. The van der Waals surface area contributed by atoms with Crippen molar-refractivity contribution in [3.05, 3.63) is 17.3 Å². The second-order valence-corrected chi connectivity index (χ2v) is 5.07. The number of carboxylic acid groups (broad SMARTS) is 1. The average Bonchev–Trinajstić information content (AvgIpc) is 2.65. The van der Waals surface area contributed by atoms with Crippen LogP contribution in [0.2, 0.25) is 0 Å². The molecule has 17 heavy (non-hydrogen) atoms. The first kappa shape index (κ1) is 11.8. The summed E-state index contributed by atoms with van der Waals surface area (Å²) in [5, 5.41) is 9.66. The summed E-state index contributed by atoms with van der Waals surface area (Å²) >= 11 is 1.61. The minimum absolute atomic E-state index is 0.102. The number of aliphatic carboxylic acids is 1. The van der Waals surface area contributed by atoms with Gasteiger partial charge in [0.05, 0.1) is 11.8 Å². The maximum Gasteiger partial charge on any atom is 0.305 e. The van der Waals surface area contributed by atoms with Gasteiger partial charge in [-0.3, -0.25) is 4.79 Å². The molecule has 2 heterocycles. The maximum atomic E-state index is 10.5. The molecule has 1 N–H and O–H groups in total. The predicted octanol–water partition coefficient (Wildman–Crippen LogP) is 1.91. The van der Waals surface area contributed by atoms with Gasteiger partial charge in [0.2, 0.25) is 0 Å². The molecule has 2 aromatic heterocycles. The lowest BCUT2D eigenvalue weighted by atomic mass is 10.3. The van der Waals surface area contributed by atoms with Crippen LogP contribution in [-0.4, -0.2) is 34.6 Å². The Balaban J connectivity index is 2.30. The first-order valence-electron chi connectivity index (χ1n) is 5.22. The number of anilines is 1. The molecule has 5 nitrogen and oxygen atoms in total. The van der Waals surface area contributed by atoms with Gasteiger partial charge in [-0.05, 0) is 13.0 Å². The molecule has 0 amide bonds. The van der Waals surface area contributed by atoms with Gasteiger partial charge < -0.3 is 10.0 Å². The Bertz CT molecular complexity index is 553. The molecule has 0 aliphatic heterocycles. The van der Waals surface area contributed by atoms with E-state index in [1.54, 1.807) is 11.3 Å². The van der Waals surface area contributed by atoms with Gasteiger partial charge in [-0.15, -0.1) is 11.3 Å². The van der Waals surface area contributed by atoms with Crippen LogP contribution in [0.3, 0.4) is 0 Å². The third-order valence-electron chi connectivity index (χ3n) is 2.45. The number of hydrogen-bond acceptors (Lipinski definition) is 5. The van der Waals surface area contributed by atoms with E-state index in [2.05, 4.69) is 9.97 Å². The first-order chi connectivity index (χ1) is 8.08. The predicted molar refractivity (Wildman–Crippen MR) is 67.7 cm³/mol. The summed E-state index contributed by atoms with van der Waals surface area (Å²) in [6.45, 7) is 2.46. The fourth-order valence-electron chi connectivity index (χ4n) is 1.64. The van der Waals surface area contributed by atoms with Crippen LogP contribution in [0.15, 0.2) is 12.4 Å². The lowest BCUT2D eigenvalue weighted by Crippen LogP contribution is -2.22. The number of carboxylic acids is 1. The third-order valence-corrected chi connectivity index (χ3v) is 3.41. The topological polar surface area (TPSA) is 66.3 Å². The monoisotopic (exact) mass is 251 g/mol. The molecule has 90 valence electrons. The van der Waals surface area contributed by atoms with E-state index in [-0.39, 0.29) is 6.42 Å². The van der Waals surface area contributed by atoms with Gasteiger partial charge in [-0.1, -0.05) is 0 Å². The zero-order valence-electron chi connectivity index (χ0n) is 9.67. The molecule has 0 radical (unpaired) electrons. The molecule has 0 saturated heterocycles. The standard InChI is InChI=1S/C11H13N3O2S/c1-7-5-8-10(12-6-13-11(8)17-7)14(2)4-3-9(15)16/h5-6H,3-4H2,1-2H3,(H,15,16). The van der Waals surface area contributed by atoms with Crippen LogP contribution < -0.4 is 4.90 Å². The molecule has 0 aliphatic rings. The molecule has 0 aromatic carbocycles. The molecular weight excluding hydrogens is 238 g/mol. The Morgan fingerprint density at radius 1 is 1.53 bits per heavy atom. The third kappa shape index (κ3) is 2.52. The number of nitrogens with zero attached hydrogens (tertiary/aromatic N) is 3. The number of rotatable bonds is 4. The first-order valence-corrected chi connectivity index (χ1v) is 6.03. The van der Waals surface area contributed by atoms with Crippen molar-refractivity contribution in [2.75, 3.05) is 18.5 Å². The molecule has 0 atom stereocenters. The summed E-state index contributed by atoms with van der Waals surface area (Å²) < 4.78 is 0. The van der Waals surface area contributed by atoms with Crippen molar-refractivity contribution in [1.29, 1.82) is 0 Å². The highest BCUT2D eigenvalue weighted by Crippen LogP contribution is 2.29. The van der Waals surface area contributed by atoms with Crippen LogP contribution in [0.1, 0.15) is 11.3 Å². The number of aryl methyl sites for hydroxylation is 1. The van der Waals surface area contributed by atoms with Crippen molar-refractivity contribution >= 4 is 33.3 Å². The molecule has 2 rings (SSSR count). The summed E-state index contributed by atoms with van der Waals surface area (Å²) in [6, 6.07) is 2.03. The lowest BCUT2D eigenvalue weighted by Gasteiger charge is -2.17. The number of carbonyl (C=O) groups is 1. The Hall–Kier alpha value is -1.69. The SMILES string of the molecule is Cc1cc2c(N(C)CCC(=O)O)ncnc2s1. The van der Waals surface area contributed by atoms with Crippen LogP contribution >= 0.6 is 11.3 Å². The second kappa shape index (κ2) is 4.67. The number of fused-ring (bicyclic) bond motifs is 1. The highest BCUT2D eigenvalue weighted by atomic mass is 32.1. The average molecular weight is 251 g/mol. The minimum Gasteiger partial charge on any atom is -0.481 e. The molecule has 0 saturated carbocycles. The summed E-state index contributed by atoms with van der Waals surface area (Å²) in [5.74, 6) is -0.00995. The Kier molecular flexibility index (Phi) is 3.23. The summed E-state index contributed by atoms with van der Waals surface area (Å²) in [4.78, 5) is 22.9. The zero-order valence-corrected chi connectivity index (χ0v) is 10.5. The largest absolute Gasteiger partial charge is 0.481 e. The Morgan fingerprint density at radius 2 is 2.29 bits per heavy atom. The van der Waals surface area contributed by atoms with Gasteiger partial charge in [0, 0.05) is 18.5 Å². The van der Waals surface area contributed by atoms with Gasteiger partial charge in [0.15, 0.2) is 0 Å². The highest BCUT2D eigenvalue weighted by Gasteiger charge is 2.11. The Labute approximate surface area is 103 Å². The lowest BCUT2D eigenvalue weighted by molar-refractivity contribution is -0.136. The van der Waals surface area contributed by atoms with Crippen molar-refractivity contribution in [2.45, 2.75) is 13.3 Å². The summed E-state index contributed by atoms with van der Waals surface area (Å²) in [7, 11) is 1.84. The second-order valence-electron chi connectivity index (χ2n) is 3.84. The van der Waals surface area contributed by atoms with E-state index in [1.165, 1.54) is 11.2 Å². The number of thiophene rings is 1. The molecular formula is C11H13N3O2S. The fraction of sp³-hybridized carbons (Fsp3) is 0.364. The van der Waals surface area contributed by atoms with Crippen LogP contribution in [0, 0.1) is 6.92 Å². The van der Waals surface area contributed by atoms with Crippen molar-refractivity contribution in [1.82, 2.24) is 9.97 Å². The molecule has 0 fully saturated rings. The molecule has 6 heteroatoms. The van der Waals surface area contributed by atoms with E-state index in [1.807, 2.05) is 24.9 Å². The smallest absolute Gasteiger partial charge is 0.305 e. The Morgan fingerprint density at radius 3 is 3.00 bits per heavy atom. The summed E-state index contributed by atoms with van der Waals surface area (Å²) in [6.07, 6.45) is 1.62. The van der Waals surface area contributed by atoms with E-state index < -0.39 is 5.97 Å². The minimum atomic E-state index is -0.802. The number of hydrogen-bond donors (Lipinski definition) is 1. The number of aromatic nitrogens is 2. The zero-order chi connectivity index (χ0) is 12.4. The van der Waals surface area contributed by atoms with Crippen molar-refractivity contribution < 1.29 is 9.90 Å². The molecule has 2 aromatic rings. The fourth-order valence-corrected chi connectivity index (χ4v) is 2.48. The molecule has 0 aliphatic carbocycles. The van der Waals surface area contributed by atoms with E-state index in [9.17, 15) is 4.79 Å². The van der Waals surface area contributed by atoms with Crippen molar-refractivity contribution in [3.8, 4) is 0 Å². The van der Waals surface area contributed by atoms with Gasteiger partial charge in [-0.2, -0.15) is 0 Å². The normalized spacial score (nSPS) is 10.7. The van der Waals surface area contributed by atoms with Crippen molar-refractivity contribution in [2.24, 2.45) is 0 Å². The van der Waals surface area contributed by atoms with Crippen LogP contribution in [0.5, 0.6) is 0 Å².